The lowest BCUT2D eigenvalue weighted by atomic mass is 10.1. The van der Waals surface area contributed by atoms with Gasteiger partial charge in [-0.15, -0.1) is 0 Å². The van der Waals surface area contributed by atoms with Crippen LogP contribution in [0.3, 0.4) is 0 Å². The molecule has 0 saturated carbocycles. The van der Waals surface area contributed by atoms with Crippen molar-refractivity contribution in [3.8, 4) is 11.3 Å². The highest BCUT2D eigenvalue weighted by Gasteiger charge is 2.31. The molecule has 28 heavy (non-hydrogen) atoms. The van der Waals surface area contributed by atoms with Crippen LogP contribution in [0.5, 0.6) is 0 Å². The van der Waals surface area contributed by atoms with Crippen LogP contribution in [0.25, 0.3) is 11.3 Å². The van der Waals surface area contributed by atoms with Gasteiger partial charge in [-0.05, 0) is 49.7 Å². The average Bonchev–Trinajstić information content (AvgIpc) is 3.42. The Bertz CT molecular complexity index is 956. The topological polar surface area (TPSA) is 71.5 Å². The van der Waals surface area contributed by atoms with E-state index in [9.17, 15) is 4.79 Å². The van der Waals surface area contributed by atoms with Crippen molar-refractivity contribution in [1.82, 2.24) is 15.4 Å². The second-order valence-corrected chi connectivity index (χ2v) is 7.57. The number of amides is 1. The molecule has 0 bridgehead atoms. The zero-order chi connectivity index (χ0) is 19.5. The van der Waals surface area contributed by atoms with Crippen molar-refractivity contribution in [2.45, 2.75) is 32.0 Å². The zero-order valence-electron chi connectivity index (χ0n) is 15.0. The van der Waals surface area contributed by atoms with Crippen molar-refractivity contribution >= 4 is 29.1 Å². The Labute approximate surface area is 172 Å². The molecule has 1 atom stereocenters. The highest BCUT2D eigenvalue weighted by Crippen LogP contribution is 2.30. The first-order valence-electron chi connectivity index (χ1n) is 9.05. The molecule has 1 unspecified atom stereocenters. The van der Waals surface area contributed by atoms with E-state index in [2.05, 4.69) is 15.4 Å². The number of carbonyl (C=O) groups is 1. The number of nitrogens with one attached hydrogen (secondary N) is 1. The number of nitrogens with zero attached hydrogens (tertiary/aromatic N) is 2. The van der Waals surface area contributed by atoms with E-state index in [4.69, 9.17) is 32.1 Å². The summed E-state index contributed by atoms with van der Waals surface area (Å²) in [5.74, 6) is 1.42. The predicted molar refractivity (Wildman–Crippen MR) is 106 cm³/mol. The Morgan fingerprint density at radius 2 is 2.14 bits per heavy atom. The largest absolute Gasteiger partial charge is 0.467 e. The maximum absolute atomic E-state index is 12.6. The third-order valence-corrected chi connectivity index (χ3v) is 5.36. The molecule has 1 aromatic carbocycles. The second kappa shape index (κ2) is 8.39. The third kappa shape index (κ3) is 4.24. The number of likely N-dealkylation sites (tertiary alicyclic amines) is 1. The molecular formula is C20H19Cl2N3O3. The first-order valence-corrected chi connectivity index (χ1v) is 9.81. The van der Waals surface area contributed by atoms with E-state index in [1.807, 2.05) is 18.2 Å². The van der Waals surface area contributed by atoms with Gasteiger partial charge in [-0.1, -0.05) is 28.4 Å². The van der Waals surface area contributed by atoms with Crippen LogP contribution in [0, 0.1) is 0 Å². The molecule has 6 nitrogen and oxygen atoms in total. The van der Waals surface area contributed by atoms with E-state index < -0.39 is 0 Å². The molecule has 0 radical (unpaired) electrons. The Morgan fingerprint density at radius 1 is 1.25 bits per heavy atom. The number of rotatable bonds is 6. The van der Waals surface area contributed by atoms with Gasteiger partial charge in [0.25, 0.3) is 0 Å². The molecule has 8 heteroatoms. The first-order chi connectivity index (χ1) is 13.6. The summed E-state index contributed by atoms with van der Waals surface area (Å²) in [5.41, 5.74) is 1.41. The fourth-order valence-electron chi connectivity index (χ4n) is 3.43. The number of benzene rings is 1. The van der Waals surface area contributed by atoms with E-state index in [0.29, 0.717) is 34.6 Å². The van der Waals surface area contributed by atoms with E-state index in [1.54, 1.807) is 24.5 Å². The first kappa shape index (κ1) is 19.1. The van der Waals surface area contributed by atoms with Gasteiger partial charge in [0.2, 0.25) is 5.91 Å². The lowest BCUT2D eigenvalue weighted by molar-refractivity contribution is -0.126. The predicted octanol–water partition coefficient (Wildman–Crippen LogP) is 4.52. The monoisotopic (exact) mass is 419 g/mol. The van der Waals surface area contributed by atoms with Crippen molar-refractivity contribution in [3.63, 3.8) is 0 Å². The highest BCUT2D eigenvalue weighted by molar-refractivity contribution is 6.36. The Morgan fingerprint density at radius 3 is 2.93 bits per heavy atom. The minimum absolute atomic E-state index is 0.00520. The molecule has 4 rings (SSSR count). The molecule has 1 aliphatic heterocycles. The number of carbonyl (C=O) groups excluding carboxylic acids is 1. The van der Waals surface area contributed by atoms with Gasteiger partial charge in [0, 0.05) is 16.7 Å². The molecule has 1 fully saturated rings. The number of hydrogen-bond donors (Lipinski definition) is 1. The Balaban J connectivity index is 1.40. The van der Waals surface area contributed by atoms with Crippen LogP contribution in [0.1, 0.15) is 24.4 Å². The lowest BCUT2D eigenvalue weighted by Crippen LogP contribution is -2.42. The molecule has 2 aromatic heterocycles. The third-order valence-electron chi connectivity index (χ3n) is 4.81. The maximum atomic E-state index is 12.6. The van der Waals surface area contributed by atoms with Crippen LogP contribution in [-0.2, 0) is 17.9 Å². The molecule has 3 aromatic rings. The van der Waals surface area contributed by atoms with Gasteiger partial charge in [0.15, 0.2) is 5.76 Å². The van der Waals surface area contributed by atoms with Crippen LogP contribution >= 0.6 is 23.2 Å². The molecule has 146 valence electrons. The van der Waals surface area contributed by atoms with Gasteiger partial charge in [0.1, 0.15) is 11.5 Å². The fraction of sp³-hybridized carbons (Fsp3) is 0.300. The van der Waals surface area contributed by atoms with Crippen LogP contribution in [0.4, 0.5) is 0 Å². The van der Waals surface area contributed by atoms with Crippen molar-refractivity contribution in [2.24, 2.45) is 0 Å². The summed E-state index contributed by atoms with van der Waals surface area (Å²) in [5, 5.41) is 8.14. The molecule has 0 spiro atoms. The van der Waals surface area contributed by atoms with Crippen molar-refractivity contribution in [2.75, 3.05) is 6.54 Å². The normalized spacial score (nSPS) is 17.1. The van der Waals surface area contributed by atoms with Crippen LogP contribution in [-0.4, -0.2) is 28.6 Å². The Hall–Kier alpha value is -2.28. The molecular weight excluding hydrogens is 401 g/mol. The van der Waals surface area contributed by atoms with Crippen LogP contribution < -0.4 is 5.32 Å². The minimum Gasteiger partial charge on any atom is -0.467 e. The minimum atomic E-state index is -0.192. The number of aromatic nitrogens is 1. The van der Waals surface area contributed by atoms with Gasteiger partial charge in [-0.2, -0.15) is 0 Å². The van der Waals surface area contributed by atoms with Crippen LogP contribution in [0.2, 0.25) is 10.0 Å². The van der Waals surface area contributed by atoms with Gasteiger partial charge in [-0.25, -0.2) is 0 Å². The van der Waals surface area contributed by atoms with Crippen molar-refractivity contribution < 1.29 is 13.7 Å². The SMILES string of the molecule is O=C(NCc1ccco1)C1CCCN1Cc1cc(-c2ccc(Cl)cc2Cl)no1. The number of furan rings is 1. The molecule has 1 aliphatic rings. The van der Waals surface area contributed by atoms with E-state index in [1.165, 1.54) is 0 Å². The molecule has 1 saturated heterocycles. The Kier molecular flexibility index (Phi) is 5.71. The smallest absolute Gasteiger partial charge is 0.237 e. The van der Waals surface area contributed by atoms with E-state index in [0.717, 1.165) is 30.7 Å². The van der Waals surface area contributed by atoms with Gasteiger partial charge < -0.3 is 14.3 Å². The van der Waals surface area contributed by atoms with Gasteiger partial charge in [0.05, 0.1) is 30.4 Å². The number of hydrogen-bond acceptors (Lipinski definition) is 5. The summed E-state index contributed by atoms with van der Waals surface area (Å²) in [4.78, 5) is 14.7. The van der Waals surface area contributed by atoms with Crippen molar-refractivity contribution in [1.29, 1.82) is 0 Å². The second-order valence-electron chi connectivity index (χ2n) is 6.73. The summed E-state index contributed by atoms with van der Waals surface area (Å²) in [6, 6.07) is 10.5. The quantitative estimate of drug-likeness (QED) is 0.635. The fourth-order valence-corrected chi connectivity index (χ4v) is 3.93. The van der Waals surface area contributed by atoms with Gasteiger partial charge in [-0.3, -0.25) is 9.69 Å². The standard InChI is InChI=1S/C20H19Cl2N3O3/c21-13-5-6-16(17(22)9-13)18-10-15(28-24-18)12-25-7-1-4-19(25)20(26)23-11-14-3-2-8-27-14/h2-3,5-6,8-10,19H,1,4,7,11-12H2,(H,23,26). The zero-order valence-corrected chi connectivity index (χ0v) is 16.5. The summed E-state index contributed by atoms with van der Waals surface area (Å²) in [6.07, 6.45) is 3.37. The molecule has 0 aliphatic carbocycles. The lowest BCUT2D eigenvalue weighted by Gasteiger charge is -2.22. The average molecular weight is 420 g/mol. The maximum Gasteiger partial charge on any atom is 0.237 e. The van der Waals surface area contributed by atoms with E-state index in [-0.39, 0.29) is 11.9 Å². The summed E-state index contributed by atoms with van der Waals surface area (Å²) in [6.45, 7) is 1.73. The van der Waals surface area contributed by atoms with Crippen LogP contribution in [0.15, 0.2) is 51.6 Å². The molecule has 1 N–H and O–H groups in total. The summed E-state index contributed by atoms with van der Waals surface area (Å²) < 4.78 is 10.7. The summed E-state index contributed by atoms with van der Waals surface area (Å²) >= 11 is 12.2. The van der Waals surface area contributed by atoms with Gasteiger partial charge >= 0.3 is 0 Å². The summed E-state index contributed by atoms with van der Waals surface area (Å²) in [7, 11) is 0. The molecule has 1 amide bonds. The van der Waals surface area contributed by atoms with E-state index >= 15 is 0 Å². The molecule has 3 heterocycles. The number of halogens is 2. The highest BCUT2D eigenvalue weighted by atomic mass is 35.5. The van der Waals surface area contributed by atoms with Crippen molar-refractivity contribution in [3.05, 3.63) is 64.2 Å².